The van der Waals surface area contributed by atoms with Crippen LogP contribution < -0.4 is 5.32 Å². The van der Waals surface area contributed by atoms with E-state index in [2.05, 4.69) is 5.32 Å². The van der Waals surface area contributed by atoms with Crippen molar-refractivity contribution in [1.82, 2.24) is 9.62 Å². The number of nitrogens with one attached hydrogen (secondary N) is 1. The van der Waals surface area contributed by atoms with Gasteiger partial charge in [0, 0.05) is 19.1 Å². The molecule has 3 rings (SSSR count). The zero-order chi connectivity index (χ0) is 14.0. The Hall–Kier alpha value is -0.910. The Balaban J connectivity index is 1.57. The predicted molar refractivity (Wildman–Crippen MR) is 78.9 cm³/mol. The van der Waals surface area contributed by atoms with Crippen LogP contribution >= 0.6 is 0 Å². The van der Waals surface area contributed by atoms with Crippen LogP contribution in [0.4, 0.5) is 0 Å². The summed E-state index contributed by atoms with van der Waals surface area (Å²) in [6.45, 7) is 2.36. The number of hydrogen-bond donors (Lipinski definition) is 1. The van der Waals surface area contributed by atoms with E-state index in [1.165, 1.54) is 12.8 Å². The highest BCUT2D eigenvalue weighted by Crippen LogP contribution is 2.28. The first-order chi connectivity index (χ1) is 9.66. The van der Waals surface area contributed by atoms with E-state index in [0.29, 0.717) is 24.0 Å². The van der Waals surface area contributed by atoms with E-state index in [1.807, 2.05) is 6.07 Å². The molecule has 0 bridgehead atoms. The molecule has 0 aromatic heterocycles. The molecule has 1 heterocycles. The Morgan fingerprint density at radius 2 is 1.70 bits per heavy atom. The first-order valence-electron chi connectivity index (χ1n) is 7.45. The monoisotopic (exact) mass is 294 g/mol. The van der Waals surface area contributed by atoms with Crippen molar-refractivity contribution in [1.29, 1.82) is 0 Å². The molecule has 2 fully saturated rings. The normalized spacial score (nSPS) is 22.0. The van der Waals surface area contributed by atoms with Crippen LogP contribution in [0.5, 0.6) is 0 Å². The lowest BCUT2D eigenvalue weighted by atomic mass is 10.1. The lowest BCUT2D eigenvalue weighted by molar-refractivity contribution is 0.288. The van der Waals surface area contributed by atoms with Gasteiger partial charge in [0.15, 0.2) is 0 Å². The van der Waals surface area contributed by atoms with Gasteiger partial charge in [0.2, 0.25) is 10.0 Å². The van der Waals surface area contributed by atoms with Crippen molar-refractivity contribution in [2.45, 2.75) is 36.6 Å². The third kappa shape index (κ3) is 3.22. The van der Waals surface area contributed by atoms with E-state index in [4.69, 9.17) is 0 Å². The van der Waals surface area contributed by atoms with Gasteiger partial charge in [-0.1, -0.05) is 18.2 Å². The molecule has 0 spiro atoms. The molecule has 4 nitrogen and oxygen atoms in total. The molecule has 1 aliphatic heterocycles. The molecule has 1 aromatic carbocycles. The maximum atomic E-state index is 12.5. The Kier molecular flexibility index (Phi) is 4.10. The second-order valence-electron chi connectivity index (χ2n) is 5.84. The molecule has 20 heavy (non-hydrogen) atoms. The molecular weight excluding hydrogens is 272 g/mol. The van der Waals surface area contributed by atoms with E-state index in [0.717, 1.165) is 25.3 Å². The van der Waals surface area contributed by atoms with E-state index in [-0.39, 0.29) is 0 Å². The highest BCUT2D eigenvalue weighted by atomic mass is 32.2. The van der Waals surface area contributed by atoms with Crippen LogP contribution in [0.3, 0.4) is 0 Å². The topological polar surface area (TPSA) is 49.4 Å². The quantitative estimate of drug-likeness (QED) is 0.901. The summed E-state index contributed by atoms with van der Waals surface area (Å²) in [6, 6.07) is 9.22. The van der Waals surface area contributed by atoms with Gasteiger partial charge in [-0.15, -0.1) is 0 Å². The van der Waals surface area contributed by atoms with E-state index >= 15 is 0 Å². The van der Waals surface area contributed by atoms with Gasteiger partial charge < -0.3 is 5.32 Å². The molecule has 0 amide bonds. The molecule has 1 N–H and O–H groups in total. The largest absolute Gasteiger partial charge is 0.314 e. The van der Waals surface area contributed by atoms with Crippen molar-refractivity contribution in [2.24, 2.45) is 5.92 Å². The van der Waals surface area contributed by atoms with Gasteiger partial charge in [-0.3, -0.25) is 0 Å². The zero-order valence-electron chi connectivity index (χ0n) is 11.7. The summed E-state index contributed by atoms with van der Waals surface area (Å²) in [4.78, 5) is 0.407. The molecule has 0 radical (unpaired) electrons. The van der Waals surface area contributed by atoms with Crippen molar-refractivity contribution in [3.63, 3.8) is 0 Å². The molecule has 0 atom stereocenters. The van der Waals surface area contributed by atoms with Crippen molar-refractivity contribution in [2.75, 3.05) is 19.6 Å². The fraction of sp³-hybridized carbons (Fsp3) is 0.600. The third-order valence-electron chi connectivity index (χ3n) is 4.23. The highest BCUT2D eigenvalue weighted by molar-refractivity contribution is 7.89. The fourth-order valence-corrected chi connectivity index (χ4v) is 4.19. The lowest BCUT2D eigenvalue weighted by Gasteiger charge is -2.31. The smallest absolute Gasteiger partial charge is 0.243 e. The predicted octanol–water partition coefficient (Wildman–Crippen LogP) is 1.84. The van der Waals surface area contributed by atoms with Crippen LogP contribution in [-0.4, -0.2) is 38.4 Å². The minimum absolute atomic E-state index is 0.407. The Labute approximate surface area is 121 Å². The summed E-state index contributed by atoms with van der Waals surface area (Å²) in [6.07, 6.45) is 4.54. The van der Waals surface area contributed by atoms with Crippen molar-refractivity contribution in [3.05, 3.63) is 30.3 Å². The maximum Gasteiger partial charge on any atom is 0.243 e. The summed E-state index contributed by atoms with van der Waals surface area (Å²) < 4.78 is 26.6. The molecule has 5 heteroatoms. The summed E-state index contributed by atoms with van der Waals surface area (Å²) in [5, 5.41) is 3.57. The first-order valence-corrected chi connectivity index (χ1v) is 8.89. The standard InChI is InChI=1S/C15H22N2O2S/c18-20(19,15-4-2-1-3-5-15)17-10-8-14(9-11-17)16-12-13-6-7-13/h1-5,13-14,16H,6-12H2. The van der Waals surface area contributed by atoms with Crippen molar-refractivity contribution >= 4 is 10.0 Å². The summed E-state index contributed by atoms with van der Waals surface area (Å²) in [5.41, 5.74) is 0. The second kappa shape index (κ2) is 5.84. The van der Waals surface area contributed by atoms with E-state index < -0.39 is 10.0 Å². The van der Waals surface area contributed by atoms with Gasteiger partial charge >= 0.3 is 0 Å². The minimum atomic E-state index is -3.30. The maximum absolute atomic E-state index is 12.5. The van der Waals surface area contributed by atoms with Crippen LogP contribution in [0.25, 0.3) is 0 Å². The number of nitrogens with zero attached hydrogens (tertiary/aromatic N) is 1. The number of benzene rings is 1. The molecule has 110 valence electrons. The van der Waals surface area contributed by atoms with Gasteiger partial charge in [0.05, 0.1) is 4.90 Å². The summed E-state index contributed by atoms with van der Waals surface area (Å²) in [5.74, 6) is 0.876. The number of rotatable bonds is 5. The zero-order valence-corrected chi connectivity index (χ0v) is 12.5. The molecule has 0 unspecified atom stereocenters. The Bertz CT molecular complexity index is 532. The SMILES string of the molecule is O=S(=O)(c1ccccc1)N1CCC(NCC2CC2)CC1. The molecule has 2 aliphatic rings. The average molecular weight is 294 g/mol. The molecule has 1 saturated carbocycles. The summed E-state index contributed by atoms with van der Waals surface area (Å²) >= 11 is 0. The minimum Gasteiger partial charge on any atom is -0.314 e. The second-order valence-corrected chi connectivity index (χ2v) is 7.78. The van der Waals surface area contributed by atoms with Gasteiger partial charge in [0.1, 0.15) is 0 Å². The van der Waals surface area contributed by atoms with Crippen LogP contribution in [0.1, 0.15) is 25.7 Å². The fourth-order valence-electron chi connectivity index (χ4n) is 2.70. The lowest BCUT2D eigenvalue weighted by Crippen LogP contribution is -2.45. The molecule has 1 saturated heterocycles. The Morgan fingerprint density at radius 1 is 1.05 bits per heavy atom. The third-order valence-corrected chi connectivity index (χ3v) is 6.14. The first kappa shape index (κ1) is 14.0. The van der Waals surface area contributed by atoms with Crippen LogP contribution in [0, 0.1) is 5.92 Å². The number of piperidine rings is 1. The number of sulfonamides is 1. The van der Waals surface area contributed by atoms with Gasteiger partial charge in [-0.25, -0.2) is 8.42 Å². The molecule has 1 aliphatic carbocycles. The average Bonchev–Trinajstić information content (AvgIpc) is 3.31. The van der Waals surface area contributed by atoms with Crippen LogP contribution in [-0.2, 0) is 10.0 Å². The summed E-state index contributed by atoms with van der Waals surface area (Å²) in [7, 11) is -3.30. The van der Waals surface area contributed by atoms with Crippen LogP contribution in [0.15, 0.2) is 35.2 Å². The number of hydrogen-bond acceptors (Lipinski definition) is 3. The highest BCUT2D eigenvalue weighted by Gasteiger charge is 2.30. The Morgan fingerprint density at radius 3 is 2.30 bits per heavy atom. The van der Waals surface area contributed by atoms with E-state index in [1.54, 1.807) is 28.6 Å². The molecular formula is C15H22N2O2S. The molecule has 1 aromatic rings. The van der Waals surface area contributed by atoms with Gasteiger partial charge in [-0.2, -0.15) is 4.31 Å². The van der Waals surface area contributed by atoms with E-state index in [9.17, 15) is 8.42 Å². The van der Waals surface area contributed by atoms with Crippen LogP contribution in [0.2, 0.25) is 0 Å². The van der Waals surface area contributed by atoms with Crippen molar-refractivity contribution in [3.8, 4) is 0 Å². The van der Waals surface area contributed by atoms with Gasteiger partial charge in [-0.05, 0) is 50.3 Å². The van der Waals surface area contributed by atoms with Gasteiger partial charge in [0.25, 0.3) is 0 Å². The van der Waals surface area contributed by atoms with Crippen molar-refractivity contribution < 1.29 is 8.42 Å².